The van der Waals surface area contributed by atoms with E-state index < -0.39 is 0 Å². The van der Waals surface area contributed by atoms with Crippen LogP contribution in [0.25, 0.3) is 0 Å². The number of hydrazine groups is 1. The maximum Gasteiger partial charge on any atom is 0.0737 e. The molecule has 0 aromatic heterocycles. The first-order valence-corrected chi connectivity index (χ1v) is 5.79. The molecule has 0 heterocycles. The fourth-order valence-electron chi connectivity index (χ4n) is 1.76. The van der Waals surface area contributed by atoms with Crippen LogP contribution < -0.4 is 11.3 Å². The molecule has 2 atom stereocenters. The van der Waals surface area contributed by atoms with Crippen LogP contribution >= 0.6 is 0 Å². The number of methoxy groups -OCH3 is 1. The van der Waals surface area contributed by atoms with Crippen LogP contribution in [0.1, 0.15) is 52.4 Å². The molecule has 2 unspecified atom stereocenters. The molecule has 0 aromatic carbocycles. The van der Waals surface area contributed by atoms with Crippen molar-refractivity contribution < 1.29 is 4.74 Å². The van der Waals surface area contributed by atoms with Crippen LogP contribution in [0.2, 0.25) is 0 Å². The Kier molecular flexibility index (Phi) is 9.35. The quantitative estimate of drug-likeness (QED) is 0.342. The van der Waals surface area contributed by atoms with Crippen LogP contribution in [0.15, 0.2) is 0 Å². The van der Waals surface area contributed by atoms with E-state index in [0.717, 1.165) is 19.3 Å². The van der Waals surface area contributed by atoms with E-state index in [-0.39, 0.29) is 6.10 Å². The van der Waals surface area contributed by atoms with E-state index in [1.54, 1.807) is 7.11 Å². The molecule has 0 amide bonds. The maximum absolute atomic E-state index is 5.53. The van der Waals surface area contributed by atoms with E-state index in [2.05, 4.69) is 19.3 Å². The van der Waals surface area contributed by atoms with Crippen molar-refractivity contribution in [2.24, 2.45) is 5.84 Å². The van der Waals surface area contributed by atoms with Gasteiger partial charge in [0.05, 0.1) is 6.10 Å². The summed E-state index contributed by atoms with van der Waals surface area (Å²) in [5, 5.41) is 0. The van der Waals surface area contributed by atoms with Gasteiger partial charge in [0.1, 0.15) is 0 Å². The van der Waals surface area contributed by atoms with Gasteiger partial charge < -0.3 is 4.74 Å². The average Bonchev–Trinajstić information content (AvgIpc) is 2.22. The summed E-state index contributed by atoms with van der Waals surface area (Å²) < 4.78 is 5.43. The Labute approximate surface area is 88.4 Å². The highest BCUT2D eigenvalue weighted by molar-refractivity contribution is 4.74. The van der Waals surface area contributed by atoms with Crippen molar-refractivity contribution in [3.8, 4) is 0 Å². The second-order valence-electron chi connectivity index (χ2n) is 3.83. The second kappa shape index (κ2) is 9.44. The predicted molar refractivity (Wildman–Crippen MR) is 61.0 cm³/mol. The third-order valence-electron chi connectivity index (χ3n) is 2.66. The lowest BCUT2D eigenvalue weighted by molar-refractivity contribution is 0.0573. The summed E-state index contributed by atoms with van der Waals surface area (Å²) in [5.41, 5.74) is 2.87. The molecule has 0 rings (SSSR count). The summed E-state index contributed by atoms with van der Waals surface area (Å²) in [4.78, 5) is 0. The molecule has 0 bridgehead atoms. The molecule has 3 nitrogen and oxygen atoms in total. The molecule has 86 valence electrons. The zero-order chi connectivity index (χ0) is 10.8. The highest BCUT2D eigenvalue weighted by Gasteiger charge is 2.18. The highest BCUT2D eigenvalue weighted by atomic mass is 16.5. The third kappa shape index (κ3) is 5.58. The van der Waals surface area contributed by atoms with Gasteiger partial charge in [0, 0.05) is 13.2 Å². The van der Waals surface area contributed by atoms with Gasteiger partial charge in [-0.3, -0.25) is 11.3 Å². The van der Waals surface area contributed by atoms with Gasteiger partial charge in [-0.15, -0.1) is 0 Å². The molecule has 0 aromatic rings. The van der Waals surface area contributed by atoms with Crippen LogP contribution in [0.5, 0.6) is 0 Å². The predicted octanol–water partition coefficient (Wildman–Crippen LogP) is 2.21. The van der Waals surface area contributed by atoms with E-state index in [9.17, 15) is 0 Å². The van der Waals surface area contributed by atoms with Gasteiger partial charge in [-0.1, -0.05) is 39.5 Å². The van der Waals surface area contributed by atoms with Gasteiger partial charge in [0.15, 0.2) is 0 Å². The topological polar surface area (TPSA) is 47.3 Å². The lowest BCUT2D eigenvalue weighted by Crippen LogP contribution is -2.44. The number of hydrogen-bond acceptors (Lipinski definition) is 3. The SMILES string of the molecule is CCCCCC(NN)C(CCC)OC. The Morgan fingerprint density at radius 2 is 1.86 bits per heavy atom. The van der Waals surface area contributed by atoms with Crippen molar-refractivity contribution in [1.82, 2.24) is 5.43 Å². The lowest BCUT2D eigenvalue weighted by atomic mass is 10.0. The number of nitrogens with one attached hydrogen (secondary N) is 1. The van der Waals surface area contributed by atoms with E-state index in [1.807, 2.05) is 0 Å². The molecular weight excluding hydrogens is 176 g/mol. The normalized spacial score (nSPS) is 15.4. The van der Waals surface area contributed by atoms with Gasteiger partial charge in [-0.25, -0.2) is 0 Å². The molecule has 0 spiro atoms. The van der Waals surface area contributed by atoms with Crippen molar-refractivity contribution in [2.75, 3.05) is 7.11 Å². The standard InChI is InChI=1S/C11H26N2O/c1-4-6-7-9-10(13-12)11(14-3)8-5-2/h10-11,13H,4-9,12H2,1-3H3. The van der Waals surface area contributed by atoms with E-state index in [1.165, 1.54) is 19.3 Å². The van der Waals surface area contributed by atoms with Crippen molar-refractivity contribution in [2.45, 2.75) is 64.5 Å². The van der Waals surface area contributed by atoms with Crippen LogP contribution in [-0.4, -0.2) is 19.3 Å². The Morgan fingerprint density at radius 1 is 1.14 bits per heavy atom. The highest BCUT2D eigenvalue weighted by Crippen LogP contribution is 2.12. The average molecular weight is 202 g/mol. The van der Waals surface area contributed by atoms with Gasteiger partial charge in [0.2, 0.25) is 0 Å². The molecule has 0 fully saturated rings. The Balaban J connectivity index is 3.81. The molecule has 0 aliphatic heterocycles. The van der Waals surface area contributed by atoms with Crippen molar-refractivity contribution >= 4 is 0 Å². The zero-order valence-corrected chi connectivity index (χ0v) is 9.88. The number of hydrogen-bond donors (Lipinski definition) is 2. The summed E-state index contributed by atoms with van der Waals surface area (Å²) >= 11 is 0. The van der Waals surface area contributed by atoms with Crippen LogP contribution in [0.4, 0.5) is 0 Å². The third-order valence-corrected chi connectivity index (χ3v) is 2.66. The number of rotatable bonds is 9. The van der Waals surface area contributed by atoms with E-state index in [4.69, 9.17) is 10.6 Å². The number of ether oxygens (including phenoxy) is 1. The first kappa shape index (κ1) is 13.9. The first-order valence-electron chi connectivity index (χ1n) is 5.79. The minimum absolute atomic E-state index is 0.266. The molecular formula is C11H26N2O. The molecule has 0 saturated carbocycles. The largest absolute Gasteiger partial charge is 0.380 e. The molecule has 3 N–H and O–H groups in total. The van der Waals surface area contributed by atoms with Crippen molar-refractivity contribution in [1.29, 1.82) is 0 Å². The minimum atomic E-state index is 0.266. The van der Waals surface area contributed by atoms with Crippen LogP contribution in [-0.2, 0) is 4.74 Å². The minimum Gasteiger partial charge on any atom is -0.380 e. The Morgan fingerprint density at radius 3 is 2.29 bits per heavy atom. The summed E-state index contributed by atoms with van der Waals surface area (Å²) in [6, 6.07) is 0.312. The smallest absolute Gasteiger partial charge is 0.0737 e. The molecule has 0 aliphatic carbocycles. The summed E-state index contributed by atoms with van der Waals surface area (Å²) in [6.45, 7) is 4.39. The van der Waals surface area contributed by atoms with Crippen molar-refractivity contribution in [3.05, 3.63) is 0 Å². The lowest BCUT2D eigenvalue weighted by Gasteiger charge is -2.25. The monoisotopic (exact) mass is 202 g/mol. The maximum atomic E-state index is 5.53. The molecule has 0 radical (unpaired) electrons. The second-order valence-corrected chi connectivity index (χ2v) is 3.83. The summed E-state index contributed by atoms with van der Waals surface area (Å²) in [5.74, 6) is 5.53. The van der Waals surface area contributed by atoms with E-state index in [0.29, 0.717) is 6.04 Å². The van der Waals surface area contributed by atoms with Crippen LogP contribution in [0, 0.1) is 0 Å². The molecule has 0 aliphatic rings. The fraction of sp³-hybridized carbons (Fsp3) is 1.00. The van der Waals surface area contributed by atoms with Gasteiger partial charge in [-0.2, -0.15) is 0 Å². The Bertz CT molecular complexity index is 120. The molecule has 0 saturated heterocycles. The molecule has 14 heavy (non-hydrogen) atoms. The number of unbranched alkanes of at least 4 members (excludes halogenated alkanes) is 2. The van der Waals surface area contributed by atoms with Gasteiger partial charge >= 0.3 is 0 Å². The number of nitrogens with two attached hydrogens (primary N) is 1. The van der Waals surface area contributed by atoms with Crippen molar-refractivity contribution in [3.63, 3.8) is 0 Å². The summed E-state index contributed by atoms with van der Waals surface area (Å²) in [6.07, 6.45) is 7.37. The van der Waals surface area contributed by atoms with Crippen LogP contribution in [0.3, 0.4) is 0 Å². The summed E-state index contributed by atoms with van der Waals surface area (Å²) in [7, 11) is 1.77. The molecule has 3 heteroatoms. The Hall–Kier alpha value is -0.120. The fourth-order valence-corrected chi connectivity index (χ4v) is 1.76. The van der Waals surface area contributed by atoms with E-state index >= 15 is 0 Å². The zero-order valence-electron chi connectivity index (χ0n) is 9.88. The van der Waals surface area contributed by atoms with Gasteiger partial charge in [-0.05, 0) is 12.8 Å². The first-order chi connectivity index (χ1) is 6.79. The van der Waals surface area contributed by atoms with Gasteiger partial charge in [0.25, 0.3) is 0 Å².